The van der Waals surface area contributed by atoms with Gasteiger partial charge in [0.1, 0.15) is 0 Å². The molecule has 3 aromatic rings. The van der Waals surface area contributed by atoms with E-state index in [2.05, 4.69) is 38.0 Å². The second kappa shape index (κ2) is 11.3. The van der Waals surface area contributed by atoms with E-state index in [0.717, 1.165) is 64.4 Å². The summed E-state index contributed by atoms with van der Waals surface area (Å²) in [6, 6.07) is 24.4. The van der Waals surface area contributed by atoms with Crippen LogP contribution in [0.2, 0.25) is 5.02 Å². The predicted molar refractivity (Wildman–Crippen MR) is 156 cm³/mol. The number of hydrogen-bond acceptors (Lipinski definition) is 5. The Labute approximate surface area is 228 Å². The van der Waals surface area contributed by atoms with Crippen molar-refractivity contribution in [3.05, 3.63) is 95.6 Å². The van der Waals surface area contributed by atoms with Crippen molar-refractivity contribution in [3.8, 4) is 17.1 Å². The molecule has 3 heterocycles. The molecule has 0 amide bonds. The molecule has 1 aromatic heterocycles. The van der Waals surface area contributed by atoms with Crippen molar-refractivity contribution < 1.29 is 0 Å². The highest BCUT2D eigenvalue weighted by Crippen LogP contribution is 2.30. The maximum Gasteiger partial charge on any atom is 0.0900 e. The number of nitrogens with one attached hydrogen (secondary N) is 1. The first-order chi connectivity index (χ1) is 18.7. The van der Waals surface area contributed by atoms with Crippen molar-refractivity contribution in [2.24, 2.45) is 4.99 Å². The minimum atomic E-state index is 0.712. The molecule has 0 radical (unpaired) electrons. The minimum Gasteiger partial charge on any atom is -0.352 e. The quantitative estimate of drug-likeness (QED) is 0.191. The van der Waals surface area contributed by atoms with Gasteiger partial charge in [-0.25, -0.2) is 4.98 Å². The van der Waals surface area contributed by atoms with Crippen LogP contribution in [0.4, 0.5) is 11.4 Å². The van der Waals surface area contributed by atoms with Gasteiger partial charge in [-0.15, -0.1) is 0 Å². The molecule has 0 spiro atoms. The molecule has 0 atom stereocenters. The van der Waals surface area contributed by atoms with Crippen molar-refractivity contribution in [1.82, 2.24) is 19.4 Å². The van der Waals surface area contributed by atoms with Gasteiger partial charge in [-0.3, -0.25) is 9.98 Å². The van der Waals surface area contributed by atoms with Gasteiger partial charge in [0.15, 0.2) is 0 Å². The number of likely N-dealkylation sites (tertiary alicyclic amines) is 1. The van der Waals surface area contributed by atoms with Crippen LogP contribution in [0, 0.1) is 0 Å². The monoisotopic (exact) mass is 522 g/mol. The van der Waals surface area contributed by atoms with Crippen LogP contribution in [-0.2, 0) is 0 Å². The minimum absolute atomic E-state index is 0.712. The fourth-order valence-electron chi connectivity index (χ4n) is 5.21. The summed E-state index contributed by atoms with van der Waals surface area (Å²) in [7, 11) is 0. The van der Waals surface area contributed by atoms with Crippen molar-refractivity contribution in [1.29, 1.82) is 0 Å². The summed E-state index contributed by atoms with van der Waals surface area (Å²) in [5.74, 6) is 0. The fraction of sp³-hybridized carbons (Fsp3) is 0.258. The van der Waals surface area contributed by atoms with Crippen LogP contribution in [0.25, 0.3) is 28.1 Å². The smallest absolute Gasteiger partial charge is 0.0900 e. The van der Waals surface area contributed by atoms with E-state index in [1.54, 1.807) is 6.20 Å². The number of nitrogens with zero attached hydrogens (tertiary/aromatic N) is 5. The summed E-state index contributed by atoms with van der Waals surface area (Å²) < 4.78 is 2.24. The molecular formula is C31H31ClN6. The Morgan fingerprint density at radius 1 is 0.921 bits per heavy atom. The fourth-order valence-corrected chi connectivity index (χ4v) is 5.34. The molecule has 1 aliphatic carbocycles. The van der Waals surface area contributed by atoms with E-state index < -0.39 is 0 Å². The van der Waals surface area contributed by atoms with Crippen LogP contribution in [0.1, 0.15) is 25.7 Å². The van der Waals surface area contributed by atoms with E-state index in [-0.39, 0.29) is 0 Å². The van der Waals surface area contributed by atoms with E-state index in [1.165, 1.54) is 32.4 Å². The Morgan fingerprint density at radius 3 is 2.58 bits per heavy atom. The van der Waals surface area contributed by atoms with Gasteiger partial charge in [0, 0.05) is 23.5 Å². The van der Waals surface area contributed by atoms with Crippen LogP contribution in [0.5, 0.6) is 0 Å². The molecule has 38 heavy (non-hydrogen) atoms. The normalized spacial score (nSPS) is 14.8. The van der Waals surface area contributed by atoms with Gasteiger partial charge in [0.05, 0.1) is 45.4 Å². The average molecular weight is 523 g/mol. The number of rotatable bonds is 7. The molecule has 2 aromatic carbocycles. The third-order valence-corrected chi connectivity index (χ3v) is 7.34. The maximum absolute atomic E-state index is 6.23. The van der Waals surface area contributed by atoms with Crippen molar-refractivity contribution in [3.63, 3.8) is 0 Å². The van der Waals surface area contributed by atoms with E-state index in [4.69, 9.17) is 21.6 Å². The first-order valence-electron chi connectivity index (χ1n) is 13.4. The predicted octanol–water partition coefficient (Wildman–Crippen LogP) is 6.70. The Balaban J connectivity index is 1.46. The highest BCUT2D eigenvalue weighted by atomic mass is 35.5. The van der Waals surface area contributed by atoms with Crippen LogP contribution in [-0.4, -0.2) is 45.6 Å². The van der Waals surface area contributed by atoms with Gasteiger partial charge in [0.2, 0.25) is 0 Å². The lowest BCUT2D eigenvalue weighted by atomic mass is 10.1. The Bertz CT molecular complexity index is 1560. The van der Waals surface area contributed by atoms with Gasteiger partial charge in [-0.2, -0.15) is 0 Å². The van der Waals surface area contributed by atoms with Gasteiger partial charge in [-0.05, 0) is 99.6 Å². The van der Waals surface area contributed by atoms with Crippen LogP contribution < -0.4 is 10.7 Å². The number of halogens is 1. The zero-order chi connectivity index (χ0) is 25.7. The number of aromatic nitrogens is 3. The summed E-state index contributed by atoms with van der Waals surface area (Å²) in [6.45, 7) is 4.29. The zero-order valence-corrected chi connectivity index (χ0v) is 22.1. The number of fused-ring (bicyclic) bond motifs is 2. The molecular weight excluding hydrogens is 492 g/mol. The lowest BCUT2D eigenvalue weighted by Crippen LogP contribution is -2.31. The SMILES string of the molecule is Clc1ccc(-n2c3cc(=NCCCN4CCCCC4)c(Nc4cccnc4)cc-3nc3ccccc32)cc1. The average Bonchev–Trinajstić information content (AvgIpc) is 2.96. The van der Waals surface area contributed by atoms with Crippen LogP contribution in [0.3, 0.4) is 0 Å². The molecule has 7 heteroatoms. The van der Waals surface area contributed by atoms with E-state index >= 15 is 0 Å². The Morgan fingerprint density at radius 2 is 1.76 bits per heavy atom. The van der Waals surface area contributed by atoms with E-state index in [9.17, 15) is 0 Å². The number of piperidine rings is 1. The standard InChI is InChI=1S/C31H31ClN6/c32-23-11-13-25(14-12-23)38-30-10-3-2-9-26(30)36-29-20-28(35-24-8-6-15-33-22-24)27(21-31(29)38)34-16-7-19-37-17-4-1-5-18-37/h2-3,6,8-15,20-22,35H,1,4-5,7,16-19H2. The highest BCUT2D eigenvalue weighted by molar-refractivity contribution is 6.30. The van der Waals surface area contributed by atoms with Gasteiger partial charge < -0.3 is 14.8 Å². The third-order valence-electron chi connectivity index (χ3n) is 7.09. The summed E-state index contributed by atoms with van der Waals surface area (Å²) in [5, 5.41) is 5.17. The highest BCUT2D eigenvalue weighted by Gasteiger charge is 2.17. The lowest BCUT2D eigenvalue weighted by molar-refractivity contribution is 0.227. The summed E-state index contributed by atoms with van der Waals surface area (Å²) in [6.07, 6.45) is 8.63. The van der Waals surface area contributed by atoms with Crippen molar-refractivity contribution in [2.75, 3.05) is 31.5 Å². The lowest BCUT2D eigenvalue weighted by Gasteiger charge is -2.25. The first-order valence-corrected chi connectivity index (χ1v) is 13.7. The van der Waals surface area contributed by atoms with Crippen molar-refractivity contribution in [2.45, 2.75) is 25.7 Å². The molecule has 2 aliphatic heterocycles. The number of para-hydroxylation sites is 2. The largest absolute Gasteiger partial charge is 0.352 e. The van der Waals surface area contributed by atoms with Gasteiger partial charge in [-0.1, -0.05) is 30.2 Å². The molecule has 1 N–H and O–H groups in total. The summed E-state index contributed by atoms with van der Waals surface area (Å²) in [4.78, 5) is 17.0. The van der Waals surface area contributed by atoms with E-state index in [1.807, 2.05) is 60.8 Å². The molecule has 1 saturated heterocycles. The Kier molecular flexibility index (Phi) is 7.33. The molecule has 1 fully saturated rings. The Hall–Kier alpha value is -3.74. The number of hydrogen-bond donors (Lipinski definition) is 1. The number of pyridine rings is 1. The molecule has 3 aliphatic rings. The van der Waals surface area contributed by atoms with Crippen LogP contribution >= 0.6 is 11.6 Å². The second-order valence-corrected chi connectivity index (χ2v) is 10.2. The summed E-state index contributed by atoms with van der Waals surface area (Å²) in [5.41, 5.74) is 6.72. The first kappa shape index (κ1) is 24.6. The van der Waals surface area contributed by atoms with E-state index in [0.29, 0.717) is 5.02 Å². The molecule has 0 saturated carbocycles. The molecule has 0 bridgehead atoms. The summed E-state index contributed by atoms with van der Waals surface area (Å²) >= 11 is 6.23. The number of benzene rings is 3. The second-order valence-electron chi connectivity index (χ2n) is 9.77. The molecule has 0 unspecified atom stereocenters. The molecule has 6 rings (SSSR count). The zero-order valence-electron chi connectivity index (χ0n) is 21.4. The molecule has 192 valence electrons. The van der Waals surface area contributed by atoms with Crippen LogP contribution in [0.15, 0.2) is 90.2 Å². The van der Waals surface area contributed by atoms with Gasteiger partial charge >= 0.3 is 0 Å². The number of anilines is 2. The third kappa shape index (κ3) is 5.42. The maximum atomic E-state index is 6.23. The topological polar surface area (TPSA) is 58.3 Å². The van der Waals surface area contributed by atoms with Gasteiger partial charge in [0.25, 0.3) is 0 Å². The molecule has 6 nitrogen and oxygen atoms in total. The van der Waals surface area contributed by atoms with Crippen molar-refractivity contribution >= 4 is 34.0 Å².